The minimum atomic E-state index is 0.556. The lowest BCUT2D eigenvalue weighted by atomic mass is 10.00. The van der Waals surface area contributed by atoms with Gasteiger partial charge in [0, 0.05) is 25.2 Å². The highest BCUT2D eigenvalue weighted by molar-refractivity contribution is 5.20. The van der Waals surface area contributed by atoms with E-state index in [1.165, 1.54) is 37.9 Å². The quantitative estimate of drug-likeness (QED) is 0.858. The van der Waals surface area contributed by atoms with Gasteiger partial charge in [-0.05, 0) is 24.9 Å². The molecule has 2 nitrogen and oxygen atoms in total. The number of rotatable bonds is 5. The van der Waals surface area contributed by atoms with Crippen molar-refractivity contribution in [1.29, 1.82) is 0 Å². The van der Waals surface area contributed by atoms with Gasteiger partial charge in [-0.15, -0.1) is 0 Å². The zero-order chi connectivity index (χ0) is 12.8. The molecule has 1 N–H and O–H groups in total. The first kappa shape index (κ1) is 13.6. The molecule has 1 saturated heterocycles. The van der Waals surface area contributed by atoms with Crippen LogP contribution in [0.3, 0.4) is 0 Å². The fourth-order valence-corrected chi connectivity index (χ4v) is 2.77. The summed E-state index contributed by atoms with van der Waals surface area (Å²) in [6, 6.07) is 12.2. The fraction of sp³-hybridized carbons (Fsp3) is 0.625. The number of nitrogens with zero attached hydrogens (tertiary/aromatic N) is 1. The van der Waals surface area contributed by atoms with E-state index in [4.69, 9.17) is 0 Å². The highest BCUT2D eigenvalue weighted by atomic mass is 15.2. The third-order valence-corrected chi connectivity index (χ3v) is 3.97. The maximum Gasteiger partial charge on any atom is 0.0473 e. The van der Waals surface area contributed by atoms with E-state index in [1.54, 1.807) is 0 Å². The molecule has 1 aromatic carbocycles. The van der Waals surface area contributed by atoms with E-state index in [1.807, 2.05) is 0 Å². The number of piperazine rings is 1. The third kappa shape index (κ3) is 3.33. The molecular formula is C16H26N2. The lowest BCUT2D eigenvalue weighted by Gasteiger charge is -2.40. The van der Waals surface area contributed by atoms with Crippen molar-refractivity contribution in [2.75, 3.05) is 19.6 Å². The SMILES string of the molecule is CCCCN1CC(CC)NCC1c1ccccc1. The average molecular weight is 246 g/mol. The van der Waals surface area contributed by atoms with E-state index in [0.29, 0.717) is 12.1 Å². The first-order valence-corrected chi connectivity index (χ1v) is 7.37. The van der Waals surface area contributed by atoms with Crippen molar-refractivity contribution in [3.63, 3.8) is 0 Å². The molecule has 2 rings (SSSR count). The molecule has 100 valence electrons. The topological polar surface area (TPSA) is 15.3 Å². The van der Waals surface area contributed by atoms with Gasteiger partial charge in [0.15, 0.2) is 0 Å². The molecule has 0 amide bonds. The molecule has 1 heterocycles. The second kappa shape index (κ2) is 6.91. The molecule has 1 aliphatic rings. The minimum Gasteiger partial charge on any atom is -0.311 e. The lowest BCUT2D eigenvalue weighted by Crippen LogP contribution is -2.52. The van der Waals surface area contributed by atoms with Gasteiger partial charge in [-0.25, -0.2) is 0 Å². The van der Waals surface area contributed by atoms with Crippen LogP contribution in [0.25, 0.3) is 0 Å². The second-order valence-electron chi connectivity index (χ2n) is 5.29. The average Bonchev–Trinajstić information content (AvgIpc) is 2.45. The Balaban J connectivity index is 2.07. The van der Waals surface area contributed by atoms with Gasteiger partial charge in [0.2, 0.25) is 0 Å². The largest absolute Gasteiger partial charge is 0.311 e. The Morgan fingerprint density at radius 1 is 1.22 bits per heavy atom. The van der Waals surface area contributed by atoms with Crippen LogP contribution in [-0.2, 0) is 0 Å². The van der Waals surface area contributed by atoms with Crippen LogP contribution in [0.4, 0.5) is 0 Å². The first-order chi connectivity index (χ1) is 8.85. The summed E-state index contributed by atoms with van der Waals surface area (Å²) in [4.78, 5) is 2.67. The molecule has 0 bridgehead atoms. The Hall–Kier alpha value is -0.860. The van der Waals surface area contributed by atoms with Crippen molar-refractivity contribution in [1.82, 2.24) is 10.2 Å². The summed E-state index contributed by atoms with van der Waals surface area (Å²) in [5.41, 5.74) is 1.45. The molecular weight excluding hydrogens is 220 g/mol. The summed E-state index contributed by atoms with van der Waals surface area (Å²) in [5.74, 6) is 0. The van der Waals surface area contributed by atoms with Crippen LogP contribution < -0.4 is 5.32 Å². The highest BCUT2D eigenvalue weighted by Gasteiger charge is 2.27. The molecule has 0 radical (unpaired) electrons. The second-order valence-corrected chi connectivity index (χ2v) is 5.29. The molecule has 1 aromatic rings. The van der Waals surface area contributed by atoms with Crippen LogP contribution in [0.15, 0.2) is 30.3 Å². The Morgan fingerprint density at radius 2 is 2.00 bits per heavy atom. The summed E-state index contributed by atoms with van der Waals surface area (Å²) in [6.07, 6.45) is 3.81. The summed E-state index contributed by atoms with van der Waals surface area (Å²) in [6.45, 7) is 8.06. The number of nitrogens with one attached hydrogen (secondary N) is 1. The molecule has 0 aliphatic carbocycles. The molecule has 2 heteroatoms. The van der Waals surface area contributed by atoms with Gasteiger partial charge in [0.05, 0.1) is 0 Å². The van der Waals surface area contributed by atoms with Crippen LogP contribution in [0, 0.1) is 0 Å². The Labute approximate surface area is 111 Å². The monoisotopic (exact) mass is 246 g/mol. The number of hydrogen-bond acceptors (Lipinski definition) is 2. The molecule has 1 fully saturated rings. The van der Waals surface area contributed by atoms with Crippen LogP contribution in [0.5, 0.6) is 0 Å². The molecule has 0 spiro atoms. The maximum absolute atomic E-state index is 3.68. The zero-order valence-corrected chi connectivity index (χ0v) is 11.7. The van der Waals surface area contributed by atoms with E-state index in [0.717, 1.165) is 6.54 Å². The summed E-state index contributed by atoms with van der Waals surface area (Å²) in [7, 11) is 0. The summed E-state index contributed by atoms with van der Waals surface area (Å²) < 4.78 is 0. The van der Waals surface area contributed by atoms with Gasteiger partial charge < -0.3 is 5.32 Å². The number of hydrogen-bond donors (Lipinski definition) is 1. The van der Waals surface area contributed by atoms with E-state index in [9.17, 15) is 0 Å². The van der Waals surface area contributed by atoms with E-state index < -0.39 is 0 Å². The predicted octanol–water partition coefficient (Wildman–Crippen LogP) is 3.21. The lowest BCUT2D eigenvalue weighted by molar-refractivity contribution is 0.126. The molecule has 2 atom stereocenters. The third-order valence-electron chi connectivity index (χ3n) is 3.97. The number of unbranched alkanes of at least 4 members (excludes halogenated alkanes) is 1. The van der Waals surface area contributed by atoms with Crippen LogP contribution in [0.2, 0.25) is 0 Å². The van der Waals surface area contributed by atoms with Gasteiger partial charge in [-0.2, -0.15) is 0 Å². The predicted molar refractivity (Wildman–Crippen MR) is 77.7 cm³/mol. The van der Waals surface area contributed by atoms with Crippen LogP contribution in [-0.4, -0.2) is 30.6 Å². The highest BCUT2D eigenvalue weighted by Crippen LogP contribution is 2.24. The Kier molecular flexibility index (Phi) is 5.21. The van der Waals surface area contributed by atoms with Gasteiger partial charge in [-0.3, -0.25) is 4.90 Å². The number of benzene rings is 1. The van der Waals surface area contributed by atoms with E-state index in [-0.39, 0.29) is 0 Å². The molecule has 1 aliphatic heterocycles. The van der Waals surface area contributed by atoms with Crippen molar-refractivity contribution in [3.8, 4) is 0 Å². The van der Waals surface area contributed by atoms with Crippen molar-refractivity contribution in [3.05, 3.63) is 35.9 Å². The van der Waals surface area contributed by atoms with Crippen molar-refractivity contribution in [2.45, 2.75) is 45.2 Å². The zero-order valence-electron chi connectivity index (χ0n) is 11.7. The van der Waals surface area contributed by atoms with Crippen LogP contribution >= 0.6 is 0 Å². The van der Waals surface area contributed by atoms with Gasteiger partial charge in [0.25, 0.3) is 0 Å². The van der Waals surface area contributed by atoms with Gasteiger partial charge in [0.1, 0.15) is 0 Å². The standard InChI is InChI=1S/C16H26N2/c1-3-5-11-18-13-15(4-2)17-12-16(18)14-9-7-6-8-10-14/h6-10,15-17H,3-5,11-13H2,1-2H3. The smallest absolute Gasteiger partial charge is 0.0473 e. The Bertz CT molecular complexity index is 336. The maximum atomic E-state index is 3.68. The van der Waals surface area contributed by atoms with Crippen LogP contribution in [0.1, 0.15) is 44.7 Å². The van der Waals surface area contributed by atoms with E-state index in [2.05, 4.69) is 54.4 Å². The first-order valence-electron chi connectivity index (χ1n) is 7.37. The van der Waals surface area contributed by atoms with Crippen molar-refractivity contribution < 1.29 is 0 Å². The normalized spacial score (nSPS) is 25.2. The summed E-state index contributed by atoms with van der Waals surface area (Å²) >= 11 is 0. The minimum absolute atomic E-state index is 0.556. The van der Waals surface area contributed by atoms with Gasteiger partial charge >= 0.3 is 0 Å². The molecule has 2 unspecified atom stereocenters. The fourth-order valence-electron chi connectivity index (χ4n) is 2.77. The molecule has 0 saturated carbocycles. The van der Waals surface area contributed by atoms with Crippen molar-refractivity contribution >= 4 is 0 Å². The van der Waals surface area contributed by atoms with E-state index >= 15 is 0 Å². The summed E-state index contributed by atoms with van der Waals surface area (Å²) in [5, 5.41) is 3.68. The van der Waals surface area contributed by atoms with Gasteiger partial charge in [-0.1, -0.05) is 50.6 Å². The Morgan fingerprint density at radius 3 is 2.67 bits per heavy atom. The molecule has 0 aromatic heterocycles. The molecule has 18 heavy (non-hydrogen) atoms. The van der Waals surface area contributed by atoms with Crippen molar-refractivity contribution in [2.24, 2.45) is 0 Å².